The van der Waals surface area contributed by atoms with Gasteiger partial charge in [-0.3, -0.25) is 4.79 Å². The molecule has 0 unspecified atom stereocenters. The molecule has 6 heteroatoms. The largest absolute Gasteiger partial charge is 0.334 e. The third-order valence-electron chi connectivity index (χ3n) is 3.73. The van der Waals surface area contributed by atoms with Crippen molar-refractivity contribution in [2.75, 3.05) is 6.54 Å². The van der Waals surface area contributed by atoms with Crippen LogP contribution in [0.2, 0.25) is 0 Å². The number of nitrogens with two attached hydrogens (primary N) is 1. The molecule has 0 saturated heterocycles. The highest BCUT2D eigenvalue weighted by Crippen LogP contribution is 2.23. The molecular formula is C13H22N4O2. The monoisotopic (exact) mass is 266 g/mol. The van der Waals surface area contributed by atoms with Crippen molar-refractivity contribution in [2.45, 2.75) is 51.1 Å². The van der Waals surface area contributed by atoms with Crippen molar-refractivity contribution in [1.82, 2.24) is 14.9 Å². The molecule has 1 aromatic rings. The number of nitrogens with one attached hydrogen (secondary N) is 2. The highest BCUT2D eigenvalue weighted by Gasteiger charge is 2.28. The molecule has 1 amide bonds. The molecule has 1 saturated carbocycles. The van der Waals surface area contributed by atoms with Crippen molar-refractivity contribution >= 4 is 5.91 Å². The van der Waals surface area contributed by atoms with Crippen molar-refractivity contribution in [1.29, 1.82) is 0 Å². The predicted molar refractivity (Wildman–Crippen MR) is 73.0 cm³/mol. The van der Waals surface area contributed by atoms with Crippen LogP contribution in [0.15, 0.2) is 11.0 Å². The summed E-state index contributed by atoms with van der Waals surface area (Å²) in [7, 11) is 0. The molecule has 0 bridgehead atoms. The summed E-state index contributed by atoms with van der Waals surface area (Å²) in [6.07, 6.45) is 6.16. The van der Waals surface area contributed by atoms with Crippen molar-refractivity contribution < 1.29 is 4.79 Å². The summed E-state index contributed by atoms with van der Waals surface area (Å²) in [6.45, 7) is 2.76. The van der Waals surface area contributed by atoms with E-state index < -0.39 is 0 Å². The number of rotatable bonds is 4. The number of carbonyl (C=O) groups is 1. The maximum atomic E-state index is 12.4. The number of H-pyrrole nitrogens is 2. The van der Waals surface area contributed by atoms with E-state index in [0.717, 1.165) is 32.1 Å². The van der Waals surface area contributed by atoms with Gasteiger partial charge in [-0.15, -0.1) is 0 Å². The Morgan fingerprint density at radius 2 is 2.11 bits per heavy atom. The lowest BCUT2D eigenvalue weighted by Gasteiger charge is -2.35. The summed E-state index contributed by atoms with van der Waals surface area (Å²) in [5, 5.41) is 0. The van der Waals surface area contributed by atoms with E-state index in [1.807, 2.05) is 4.90 Å². The average Bonchev–Trinajstić information content (AvgIpc) is 2.83. The zero-order valence-electron chi connectivity index (χ0n) is 11.3. The highest BCUT2D eigenvalue weighted by molar-refractivity contribution is 5.92. The van der Waals surface area contributed by atoms with Gasteiger partial charge in [0.25, 0.3) is 5.91 Å². The summed E-state index contributed by atoms with van der Waals surface area (Å²) < 4.78 is 0. The fraction of sp³-hybridized carbons (Fsp3) is 0.692. The normalized spacial score (nSPS) is 23.3. The van der Waals surface area contributed by atoms with E-state index >= 15 is 0 Å². The lowest BCUT2D eigenvalue weighted by Crippen LogP contribution is -2.44. The molecule has 0 aliphatic heterocycles. The topological polar surface area (TPSA) is 95.0 Å². The summed E-state index contributed by atoms with van der Waals surface area (Å²) in [4.78, 5) is 30.4. The Morgan fingerprint density at radius 1 is 1.42 bits per heavy atom. The minimum Gasteiger partial charge on any atom is -0.334 e. The van der Waals surface area contributed by atoms with Crippen LogP contribution in [-0.4, -0.2) is 39.4 Å². The number of hydrogen-bond acceptors (Lipinski definition) is 3. The Kier molecular flexibility index (Phi) is 4.42. The number of imidazole rings is 1. The third-order valence-corrected chi connectivity index (χ3v) is 3.73. The van der Waals surface area contributed by atoms with Gasteiger partial charge in [-0.1, -0.05) is 6.92 Å². The highest BCUT2D eigenvalue weighted by atomic mass is 16.2. The van der Waals surface area contributed by atoms with Crippen LogP contribution in [0.3, 0.4) is 0 Å². The molecule has 1 aliphatic carbocycles. The standard InChI is InChI=1S/C13H22N4O2/c1-2-7-17(10-5-3-9(14)4-6-10)12(18)11-8-15-13(19)16-11/h8-10H,2-7,14H2,1H3,(H2,15,16,19). The van der Waals surface area contributed by atoms with Crippen molar-refractivity contribution in [2.24, 2.45) is 5.73 Å². The first-order valence-corrected chi connectivity index (χ1v) is 6.96. The van der Waals surface area contributed by atoms with E-state index in [9.17, 15) is 9.59 Å². The number of hydrogen-bond donors (Lipinski definition) is 3. The second-order valence-electron chi connectivity index (χ2n) is 5.22. The predicted octanol–water partition coefficient (Wildman–Crippen LogP) is 0.825. The second-order valence-corrected chi connectivity index (χ2v) is 5.22. The maximum absolute atomic E-state index is 12.4. The maximum Gasteiger partial charge on any atom is 0.323 e. The van der Waals surface area contributed by atoms with Gasteiger partial charge in [-0.25, -0.2) is 4.79 Å². The number of aromatic nitrogens is 2. The van der Waals surface area contributed by atoms with Gasteiger partial charge >= 0.3 is 5.69 Å². The summed E-state index contributed by atoms with van der Waals surface area (Å²) in [6, 6.07) is 0.507. The molecule has 1 fully saturated rings. The van der Waals surface area contributed by atoms with E-state index in [1.165, 1.54) is 6.20 Å². The average molecular weight is 266 g/mol. The fourth-order valence-corrected chi connectivity index (χ4v) is 2.71. The molecule has 1 aromatic heterocycles. The zero-order valence-corrected chi connectivity index (χ0v) is 11.3. The lowest BCUT2D eigenvalue weighted by molar-refractivity contribution is 0.0621. The fourth-order valence-electron chi connectivity index (χ4n) is 2.71. The first-order chi connectivity index (χ1) is 9.11. The molecule has 0 aromatic carbocycles. The van der Waals surface area contributed by atoms with Crippen LogP contribution in [0.4, 0.5) is 0 Å². The Bertz CT molecular complexity index is 471. The molecule has 1 aliphatic rings. The van der Waals surface area contributed by atoms with Crippen LogP contribution in [0, 0.1) is 0 Å². The number of nitrogens with zero attached hydrogens (tertiary/aromatic N) is 1. The summed E-state index contributed by atoms with van der Waals surface area (Å²) >= 11 is 0. The first kappa shape index (κ1) is 13.9. The van der Waals surface area contributed by atoms with Crippen LogP contribution < -0.4 is 11.4 Å². The van der Waals surface area contributed by atoms with Gasteiger partial charge in [-0.2, -0.15) is 0 Å². The summed E-state index contributed by atoms with van der Waals surface area (Å²) in [5.41, 5.74) is 5.90. The van der Waals surface area contributed by atoms with E-state index in [-0.39, 0.29) is 23.7 Å². The molecule has 1 heterocycles. The minimum atomic E-state index is -0.342. The molecule has 0 radical (unpaired) electrons. The molecule has 6 nitrogen and oxygen atoms in total. The Labute approximate surface area is 112 Å². The Morgan fingerprint density at radius 3 is 2.63 bits per heavy atom. The van der Waals surface area contributed by atoms with Gasteiger partial charge in [0.2, 0.25) is 0 Å². The lowest BCUT2D eigenvalue weighted by atomic mass is 9.90. The molecule has 4 N–H and O–H groups in total. The summed E-state index contributed by atoms with van der Waals surface area (Å²) in [5.74, 6) is -0.0966. The zero-order chi connectivity index (χ0) is 13.8. The third kappa shape index (κ3) is 3.26. The van der Waals surface area contributed by atoms with Crippen LogP contribution in [0.1, 0.15) is 49.5 Å². The minimum absolute atomic E-state index is 0.0966. The van der Waals surface area contributed by atoms with Crippen LogP contribution in [-0.2, 0) is 0 Å². The molecule has 0 spiro atoms. The van der Waals surface area contributed by atoms with Gasteiger partial charge in [0.15, 0.2) is 0 Å². The van der Waals surface area contributed by atoms with Gasteiger partial charge in [-0.05, 0) is 32.1 Å². The number of aromatic amines is 2. The second kappa shape index (κ2) is 6.06. The van der Waals surface area contributed by atoms with Crippen LogP contribution >= 0.6 is 0 Å². The first-order valence-electron chi connectivity index (χ1n) is 6.96. The molecule has 19 heavy (non-hydrogen) atoms. The van der Waals surface area contributed by atoms with Crippen molar-refractivity contribution in [3.63, 3.8) is 0 Å². The quantitative estimate of drug-likeness (QED) is 0.753. The smallest absolute Gasteiger partial charge is 0.323 e. The Balaban J connectivity index is 2.10. The van der Waals surface area contributed by atoms with E-state index in [4.69, 9.17) is 5.73 Å². The molecule has 106 valence electrons. The number of carbonyl (C=O) groups excluding carboxylic acids is 1. The van der Waals surface area contributed by atoms with Gasteiger partial charge < -0.3 is 20.6 Å². The molecule has 2 rings (SSSR count). The van der Waals surface area contributed by atoms with Gasteiger partial charge in [0.1, 0.15) is 5.69 Å². The van der Waals surface area contributed by atoms with Crippen LogP contribution in [0.5, 0.6) is 0 Å². The number of amides is 1. The van der Waals surface area contributed by atoms with E-state index in [1.54, 1.807) is 0 Å². The van der Waals surface area contributed by atoms with Gasteiger partial charge in [0, 0.05) is 24.8 Å². The van der Waals surface area contributed by atoms with E-state index in [2.05, 4.69) is 16.9 Å². The van der Waals surface area contributed by atoms with Crippen LogP contribution in [0.25, 0.3) is 0 Å². The SMILES string of the molecule is CCCN(C(=O)c1c[nH]c(=O)[nH]1)C1CCC(N)CC1. The van der Waals surface area contributed by atoms with E-state index in [0.29, 0.717) is 12.2 Å². The van der Waals surface area contributed by atoms with Crippen molar-refractivity contribution in [3.8, 4) is 0 Å². The Hall–Kier alpha value is -1.56. The molecule has 0 atom stereocenters. The molecular weight excluding hydrogens is 244 g/mol. The van der Waals surface area contributed by atoms with Crippen molar-refractivity contribution in [3.05, 3.63) is 22.4 Å². The van der Waals surface area contributed by atoms with Gasteiger partial charge in [0.05, 0.1) is 0 Å².